The van der Waals surface area contributed by atoms with Crippen molar-refractivity contribution in [3.63, 3.8) is 0 Å². The van der Waals surface area contributed by atoms with Gasteiger partial charge in [-0.05, 0) is 38.1 Å². The van der Waals surface area contributed by atoms with Crippen molar-refractivity contribution in [1.82, 2.24) is 10.3 Å². The molecule has 0 saturated heterocycles. The molecule has 1 aromatic carbocycles. The number of nitrogens with zero attached hydrogens (tertiary/aromatic N) is 1. The average molecular weight is 284 g/mol. The van der Waals surface area contributed by atoms with Gasteiger partial charge in [-0.2, -0.15) is 0 Å². The molecule has 1 atom stereocenters. The minimum Gasteiger partial charge on any atom is -0.493 e. The molecular formula is C18H24N2O. The Labute approximate surface area is 127 Å². The van der Waals surface area contributed by atoms with Crippen LogP contribution in [0.2, 0.25) is 0 Å². The standard InChI is InChI=1S/C18H24N2O/c1-3-12-19-15(2)17-9-4-5-10-18(17)21-14-11-16-8-6-7-13-20-16/h4-10,13,15,19H,3,11-12,14H2,1-2H3. The quantitative estimate of drug-likeness (QED) is 0.801. The summed E-state index contributed by atoms with van der Waals surface area (Å²) in [6.07, 6.45) is 3.78. The first-order valence-electron chi connectivity index (χ1n) is 7.66. The number of rotatable bonds is 8. The summed E-state index contributed by atoms with van der Waals surface area (Å²) in [5.41, 5.74) is 2.28. The fraction of sp³-hybridized carbons (Fsp3) is 0.389. The number of aromatic nitrogens is 1. The van der Waals surface area contributed by atoms with E-state index in [4.69, 9.17) is 4.74 Å². The number of hydrogen-bond acceptors (Lipinski definition) is 3. The largest absolute Gasteiger partial charge is 0.493 e. The highest BCUT2D eigenvalue weighted by molar-refractivity contribution is 5.35. The molecule has 0 bridgehead atoms. The lowest BCUT2D eigenvalue weighted by atomic mass is 10.1. The van der Waals surface area contributed by atoms with Gasteiger partial charge in [0.1, 0.15) is 5.75 Å². The second-order valence-corrected chi connectivity index (χ2v) is 5.13. The number of pyridine rings is 1. The van der Waals surface area contributed by atoms with Crippen molar-refractivity contribution >= 4 is 0 Å². The van der Waals surface area contributed by atoms with E-state index in [1.54, 1.807) is 0 Å². The molecule has 0 fully saturated rings. The molecule has 0 saturated carbocycles. The molecule has 0 aliphatic carbocycles. The summed E-state index contributed by atoms with van der Waals surface area (Å²) in [7, 11) is 0. The van der Waals surface area contributed by atoms with E-state index in [9.17, 15) is 0 Å². The molecule has 3 heteroatoms. The van der Waals surface area contributed by atoms with E-state index in [1.165, 1.54) is 5.56 Å². The van der Waals surface area contributed by atoms with Crippen molar-refractivity contribution in [2.45, 2.75) is 32.7 Å². The minimum absolute atomic E-state index is 0.302. The van der Waals surface area contributed by atoms with Crippen LogP contribution in [0.1, 0.15) is 37.6 Å². The van der Waals surface area contributed by atoms with Gasteiger partial charge in [-0.15, -0.1) is 0 Å². The fourth-order valence-corrected chi connectivity index (χ4v) is 2.25. The lowest BCUT2D eigenvalue weighted by Crippen LogP contribution is -2.20. The van der Waals surface area contributed by atoms with E-state index >= 15 is 0 Å². The van der Waals surface area contributed by atoms with Gasteiger partial charge < -0.3 is 10.1 Å². The fourth-order valence-electron chi connectivity index (χ4n) is 2.25. The van der Waals surface area contributed by atoms with Crippen molar-refractivity contribution in [3.8, 4) is 5.75 Å². The zero-order chi connectivity index (χ0) is 14.9. The van der Waals surface area contributed by atoms with Crippen molar-refractivity contribution < 1.29 is 4.74 Å². The van der Waals surface area contributed by atoms with Crippen molar-refractivity contribution in [2.24, 2.45) is 0 Å². The van der Waals surface area contributed by atoms with Gasteiger partial charge in [0.25, 0.3) is 0 Å². The van der Waals surface area contributed by atoms with Gasteiger partial charge in [0, 0.05) is 29.9 Å². The topological polar surface area (TPSA) is 34.1 Å². The van der Waals surface area contributed by atoms with Crippen LogP contribution < -0.4 is 10.1 Å². The van der Waals surface area contributed by atoms with Gasteiger partial charge in [0.15, 0.2) is 0 Å². The first-order valence-corrected chi connectivity index (χ1v) is 7.66. The van der Waals surface area contributed by atoms with Crippen LogP contribution in [0.5, 0.6) is 5.75 Å². The maximum absolute atomic E-state index is 5.96. The predicted octanol–water partition coefficient (Wildman–Crippen LogP) is 3.76. The Kier molecular flexibility index (Phi) is 6.22. The van der Waals surface area contributed by atoms with Crippen molar-refractivity contribution in [2.75, 3.05) is 13.2 Å². The maximum Gasteiger partial charge on any atom is 0.124 e. The second kappa shape index (κ2) is 8.42. The van der Waals surface area contributed by atoms with Gasteiger partial charge in [0.05, 0.1) is 6.61 Å². The number of hydrogen-bond donors (Lipinski definition) is 1. The smallest absolute Gasteiger partial charge is 0.124 e. The summed E-state index contributed by atoms with van der Waals surface area (Å²) in [6, 6.07) is 14.5. The van der Waals surface area contributed by atoms with Gasteiger partial charge in [0.2, 0.25) is 0 Å². The molecule has 1 aromatic heterocycles. The predicted molar refractivity (Wildman–Crippen MR) is 86.6 cm³/mol. The molecule has 2 rings (SSSR count). The molecule has 0 radical (unpaired) electrons. The molecule has 0 aliphatic heterocycles. The Morgan fingerprint density at radius 2 is 1.95 bits per heavy atom. The van der Waals surface area contributed by atoms with Crippen LogP contribution in [0.4, 0.5) is 0 Å². The van der Waals surface area contributed by atoms with Gasteiger partial charge in [-0.25, -0.2) is 0 Å². The Bertz CT molecular complexity index is 528. The van der Waals surface area contributed by atoms with E-state index < -0.39 is 0 Å². The lowest BCUT2D eigenvalue weighted by Gasteiger charge is -2.18. The van der Waals surface area contributed by atoms with E-state index in [1.807, 2.05) is 36.5 Å². The van der Waals surface area contributed by atoms with Gasteiger partial charge >= 0.3 is 0 Å². The SMILES string of the molecule is CCCNC(C)c1ccccc1OCCc1ccccn1. The van der Waals surface area contributed by atoms with E-state index in [0.29, 0.717) is 12.6 Å². The Morgan fingerprint density at radius 3 is 2.71 bits per heavy atom. The van der Waals surface area contributed by atoms with Crippen molar-refractivity contribution in [3.05, 3.63) is 59.9 Å². The first-order chi connectivity index (χ1) is 10.3. The third kappa shape index (κ3) is 4.87. The van der Waals surface area contributed by atoms with Crippen LogP contribution in [0.25, 0.3) is 0 Å². The summed E-state index contributed by atoms with van der Waals surface area (Å²) >= 11 is 0. The molecule has 1 unspecified atom stereocenters. The third-order valence-corrected chi connectivity index (χ3v) is 3.43. The third-order valence-electron chi connectivity index (χ3n) is 3.43. The number of para-hydroxylation sites is 1. The molecule has 112 valence electrons. The van der Waals surface area contributed by atoms with Crippen LogP contribution in [0.15, 0.2) is 48.7 Å². The van der Waals surface area contributed by atoms with E-state index in [-0.39, 0.29) is 0 Å². The molecule has 1 heterocycles. The Hall–Kier alpha value is -1.87. The Balaban J connectivity index is 1.93. The van der Waals surface area contributed by atoms with E-state index in [2.05, 4.69) is 36.3 Å². The van der Waals surface area contributed by atoms with Gasteiger partial charge in [-0.3, -0.25) is 4.98 Å². The van der Waals surface area contributed by atoms with Crippen LogP contribution in [-0.2, 0) is 6.42 Å². The van der Waals surface area contributed by atoms with Crippen molar-refractivity contribution in [1.29, 1.82) is 0 Å². The molecule has 2 aromatic rings. The molecule has 3 nitrogen and oxygen atoms in total. The molecule has 21 heavy (non-hydrogen) atoms. The summed E-state index contributed by atoms with van der Waals surface area (Å²) in [5.74, 6) is 0.963. The minimum atomic E-state index is 0.302. The zero-order valence-electron chi connectivity index (χ0n) is 12.9. The monoisotopic (exact) mass is 284 g/mol. The highest BCUT2D eigenvalue weighted by Crippen LogP contribution is 2.24. The van der Waals surface area contributed by atoms with Gasteiger partial charge in [-0.1, -0.05) is 31.2 Å². The van der Waals surface area contributed by atoms with Crippen LogP contribution in [0.3, 0.4) is 0 Å². The highest BCUT2D eigenvalue weighted by Gasteiger charge is 2.10. The maximum atomic E-state index is 5.96. The lowest BCUT2D eigenvalue weighted by molar-refractivity contribution is 0.314. The summed E-state index contributed by atoms with van der Waals surface area (Å²) in [5, 5.41) is 3.50. The first kappa shape index (κ1) is 15.5. The average Bonchev–Trinajstić information content (AvgIpc) is 2.54. The molecule has 0 aliphatic rings. The van der Waals surface area contributed by atoms with E-state index in [0.717, 1.165) is 30.8 Å². The highest BCUT2D eigenvalue weighted by atomic mass is 16.5. The summed E-state index contributed by atoms with van der Waals surface area (Å²) in [6.45, 7) is 6.02. The zero-order valence-corrected chi connectivity index (χ0v) is 12.9. The molecule has 1 N–H and O–H groups in total. The second-order valence-electron chi connectivity index (χ2n) is 5.13. The number of ether oxygens (including phenoxy) is 1. The van der Waals surface area contributed by atoms with Crippen LogP contribution >= 0.6 is 0 Å². The molecule has 0 spiro atoms. The number of benzene rings is 1. The Morgan fingerprint density at radius 1 is 1.14 bits per heavy atom. The normalized spacial score (nSPS) is 12.1. The number of nitrogens with one attached hydrogen (secondary N) is 1. The summed E-state index contributed by atoms with van der Waals surface area (Å²) < 4.78 is 5.96. The molecule has 0 amide bonds. The van der Waals surface area contributed by atoms with Crippen LogP contribution in [-0.4, -0.2) is 18.1 Å². The van der Waals surface area contributed by atoms with Crippen LogP contribution in [0, 0.1) is 0 Å². The summed E-state index contributed by atoms with van der Waals surface area (Å²) in [4.78, 5) is 4.32. The molecular weight excluding hydrogens is 260 g/mol.